The summed E-state index contributed by atoms with van der Waals surface area (Å²) in [6, 6.07) is 11.7. The summed E-state index contributed by atoms with van der Waals surface area (Å²) in [5.41, 5.74) is 0.968. The third-order valence-corrected chi connectivity index (χ3v) is 3.61. The van der Waals surface area contributed by atoms with Crippen molar-refractivity contribution in [1.82, 2.24) is 0 Å². The molecule has 106 valence electrons. The number of carbonyl (C=O) groups excluding carboxylic acids is 1. The molecule has 0 radical (unpaired) electrons. The minimum atomic E-state index is -0.221. The molecule has 1 aromatic heterocycles. The molecule has 2 aromatic carbocycles. The fourth-order valence-electron chi connectivity index (χ4n) is 2.07. The lowest BCUT2D eigenvalue weighted by atomic mass is 10.1. The summed E-state index contributed by atoms with van der Waals surface area (Å²) in [7, 11) is 1.57. The second kappa shape index (κ2) is 5.43. The Labute approximate surface area is 131 Å². The monoisotopic (exact) mass is 320 g/mol. The normalized spacial score (nSPS) is 10.8. The van der Waals surface area contributed by atoms with Gasteiger partial charge in [0.1, 0.15) is 5.75 Å². The van der Waals surface area contributed by atoms with Crippen LogP contribution in [0.25, 0.3) is 11.0 Å². The molecule has 0 amide bonds. The topological polar surface area (TPSA) is 39.4 Å². The first kappa shape index (κ1) is 14.0. The predicted octanol–water partition coefficient (Wildman–Crippen LogP) is 4.98. The molecule has 0 aliphatic rings. The fraction of sp³-hybridized carbons (Fsp3) is 0.0625. The molecule has 0 atom stereocenters. The van der Waals surface area contributed by atoms with Crippen molar-refractivity contribution in [2.24, 2.45) is 0 Å². The zero-order valence-corrected chi connectivity index (χ0v) is 12.5. The molecule has 0 aliphatic heterocycles. The van der Waals surface area contributed by atoms with Crippen molar-refractivity contribution in [1.29, 1.82) is 0 Å². The number of fused-ring (bicyclic) bond motifs is 1. The van der Waals surface area contributed by atoms with Crippen molar-refractivity contribution in [2.75, 3.05) is 7.11 Å². The number of ether oxygens (including phenoxy) is 1. The van der Waals surface area contributed by atoms with Crippen LogP contribution in [0.4, 0.5) is 0 Å². The predicted molar refractivity (Wildman–Crippen MR) is 82.7 cm³/mol. The summed E-state index contributed by atoms with van der Waals surface area (Å²) in [5.74, 6) is 0.686. The Bertz CT molecular complexity index is 819. The summed E-state index contributed by atoms with van der Waals surface area (Å²) >= 11 is 12.0. The number of methoxy groups -OCH3 is 1. The standard InChI is InChI=1S/C16H10Cl2O3/c1-20-12-4-2-9(3-5-12)15(19)14-7-10-6-11(17)8-13(18)16(10)21-14/h2-8H,1H3. The third kappa shape index (κ3) is 2.62. The molecule has 21 heavy (non-hydrogen) atoms. The summed E-state index contributed by atoms with van der Waals surface area (Å²) in [5, 5.41) is 1.58. The van der Waals surface area contributed by atoms with Crippen LogP contribution in [0.3, 0.4) is 0 Å². The molecule has 0 saturated carbocycles. The van der Waals surface area contributed by atoms with Crippen molar-refractivity contribution in [3.8, 4) is 5.75 Å². The highest BCUT2D eigenvalue weighted by Crippen LogP contribution is 2.31. The van der Waals surface area contributed by atoms with Gasteiger partial charge in [0.25, 0.3) is 0 Å². The molecule has 1 heterocycles. The number of rotatable bonds is 3. The van der Waals surface area contributed by atoms with E-state index < -0.39 is 0 Å². The lowest BCUT2D eigenvalue weighted by Gasteiger charge is -2.00. The molecule has 5 heteroatoms. The van der Waals surface area contributed by atoms with E-state index in [2.05, 4.69) is 0 Å². The van der Waals surface area contributed by atoms with E-state index in [4.69, 9.17) is 32.4 Å². The van der Waals surface area contributed by atoms with E-state index in [0.29, 0.717) is 32.3 Å². The number of ketones is 1. The molecule has 0 unspecified atom stereocenters. The van der Waals surface area contributed by atoms with E-state index in [1.807, 2.05) is 0 Å². The Hall–Kier alpha value is -1.97. The average molecular weight is 321 g/mol. The van der Waals surface area contributed by atoms with Gasteiger partial charge in [-0.3, -0.25) is 4.79 Å². The van der Waals surface area contributed by atoms with Gasteiger partial charge < -0.3 is 9.15 Å². The van der Waals surface area contributed by atoms with Crippen LogP contribution in [0, 0.1) is 0 Å². The maximum absolute atomic E-state index is 12.4. The van der Waals surface area contributed by atoms with E-state index >= 15 is 0 Å². The lowest BCUT2D eigenvalue weighted by molar-refractivity contribution is 0.101. The van der Waals surface area contributed by atoms with Crippen LogP contribution in [-0.2, 0) is 0 Å². The molecule has 0 bridgehead atoms. The van der Waals surface area contributed by atoms with Crippen LogP contribution in [0.2, 0.25) is 10.0 Å². The van der Waals surface area contributed by atoms with Crippen molar-refractivity contribution in [3.05, 3.63) is 63.8 Å². The minimum Gasteiger partial charge on any atom is -0.497 e. The van der Waals surface area contributed by atoms with Gasteiger partial charge in [-0.2, -0.15) is 0 Å². The summed E-state index contributed by atoms with van der Waals surface area (Å²) in [4.78, 5) is 12.4. The Balaban J connectivity index is 2.02. The SMILES string of the molecule is COc1ccc(C(=O)c2cc3cc(Cl)cc(Cl)c3o2)cc1. The van der Waals surface area contributed by atoms with Crippen LogP contribution in [-0.4, -0.2) is 12.9 Å². The molecular weight excluding hydrogens is 311 g/mol. The summed E-state index contributed by atoms with van der Waals surface area (Å²) < 4.78 is 10.6. The molecule has 0 saturated heterocycles. The van der Waals surface area contributed by atoms with Crippen LogP contribution >= 0.6 is 23.2 Å². The zero-order valence-electron chi connectivity index (χ0n) is 11.0. The molecule has 0 fully saturated rings. The second-order valence-corrected chi connectivity index (χ2v) is 5.32. The average Bonchev–Trinajstić information content (AvgIpc) is 2.91. The Morgan fingerprint density at radius 1 is 1.10 bits per heavy atom. The first-order valence-electron chi connectivity index (χ1n) is 6.16. The first-order chi connectivity index (χ1) is 10.1. The number of benzene rings is 2. The van der Waals surface area contributed by atoms with Gasteiger partial charge in [-0.15, -0.1) is 0 Å². The quantitative estimate of drug-likeness (QED) is 0.639. The van der Waals surface area contributed by atoms with Crippen LogP contribution in [0.5, 0.6) is 5.75 Å². The highest BCUT2D eigenvalue weighted by atomic mass is 35.5. The minimum absolute atomic E-state index is 0.221. The Kier molecular flexibility index (Phi) is 3.62. The van der Waals surface area contributed by atoms with E-state index in [9.17, 15) is 4.79 Å². The number of halogens is 2. The van der Waals surface area contributed by atoms with E-state index in [1.54, 1.807) is 49.6 Å². The van der Waals surface area contributed by atoms with Gasteiger partial charge in [0.2, 0.25) is 5.78 Å². The van der Waals surface area contributed by atoms with Crippen LogP contribution in [0.15, 0.2) is 46.9 Å². The lowest BCUT2D eigenvalue weighted by Crippen LogP contribution is -1.99. The molecule has 3 nitrogen and oxygen atoms in total. The highest BCUT2D eigenvalue weighted by molar-refractivity contribution is 6.38. The number of hydrogen-bond donors (Lipinski definition) is 0. The Morgan fingerprint density at radius 3 is 2.48 bits per heavy atom. The van der Waals surface area contributed by atoms with Gasteiger partial charge in [-0.05, 0) is 42.5 Å². The summed E-state index contributed by atoms with van der Waals surface area (Å²) in [6.45, 7) is 0. The van der Waals surface area contributed by atoms with E-state index in [0.717, 1.165) is 0 Å². The van der Waals surface area contributed by atoms with Crippen molar-refractivity contribution >= 4 is 40.0 Å². The van der Waals surface area contributed by atoms with Gasteiger partial charge in [0.05, 0.1) is 12.1 Å². The van der Waals surface area contributed by atoms with Crippen LogP contribution in [0.1, 0.15) is 16.1 Å². The largest absolute Gasteiger partial charge is 0.497 e. The van der Waals surface area contributed by atoms with Crippen molar-refractivity contribution in [3.63, 3.8) is 0 Å². The van der Waals surface area contributed by atoms with Gasteiger partial charge in [-0.25, -0.2) is 0 Å². The first-order valence-corrected chi connectivity index (χ1v) is 6.91. The van der Waals surface area contributed by atoms with E-state index in [1.165, 1.54) is 0 Å². The molecule has 3 aromatic rings. The van der Waals surface area contributed by atoms with Gasteiger partial charge in [0.15, 0.2) is 11.3 Å². The zero-order chi connectivity index (χ0) is 15.0. The molecule has 0 aliphatic carbocycles. The fourth-order valence-corrected chi connectivity index (χ4v) is 2.62. The third-order valence-electron chi connectivity index (χ3n) is 3.11. The second-order valence-electron chi connectivity index (χ2n) is 4.47. The molecule has 3 rings (SSSR count). The maximum atomic E-state index is 12.4. The molecule has 0 spiro atoms. The maximum Gasteiger partial charge on any atom is 0.228 e. The molecule has 0 N–H and O–H groups in total. The smallest absolute Gasteiger partial charge is 0.228 e. The Morgan fingerprint density at radius 2 is 1.81 bits per heavy atom. The van der Waals surface area contributed by atoms with E-state index in [-0.39, 0.29) is 11.5 Å². The van der Waals surface area contributed by atoms with Crippen molar-refractivity contribution < 1.29 is 13.9 Å². The summed E-state index contributed by atoms with van der Waals surface area (Å²) in [6.07, 6.45) is 0. The number of carbonyl (C=O) groups is 1. The van der Waals surface area contributed by atoms with Gasteiger partial charge in [-0.1, -0.05) is 23.2 Å². The van der Waals surface area contributed by atoms with Gasteiger partial charge >= 0.3 is 0 Å². The van der Waals surface area contributed by atoms with Crippen LogP contribution < -0.4 is 4.74 Å². The van der Waals surface area contributed by atoms with Crippen molar-refractivity contribution in [2.45, 2.75) is 0 Å². The number of furan rings is 1. The molecular formula is C16H10Cl2O3. The van der Waals surface area contributed by atoms with Gasteiger partial charge in [0, 0.05) is 16.0 Å². The highest BCUT2D eigenvalue weighted by Gasteiger charge is 2.16. The number of hydrogen-bond acceptors (Lipinski definition) is 3.